The normalized spacial score (nSPS) is 12.0. The van der Waals surface area contributed by atoms with Gasteiger partial charge in [0.25, 0.3) is 0 Å². The van der Waals surface area contributed by atoms with E-state index in [1.807, 2.05) is 25.1 Å². The van der Waals surface area contributed by atoms with E-state index in [-0.39, 0.29) is 22.9 Å². The molecule has 1 unspecified atom stereocenters. The zero-order valence-corrected chi connectivity index (χ0v) is 21.5. The molecule has 192 valence electrons. The van der Waals surface area contributed by atoms with E-state index < -0.39 is 5.82 Å². The molecule has 0 aliphatic rings. The van der Waals surface area contributed by atoms with Crippen LogP contribution in [0.3, 0.4) is 0 Å². The molecule has 2 aromatic heterocycles. The summed E-state index contributed by atoms with van der Waals surface area (Å²) in [4.78, 5) is 37.5. The van der Waals surface area contributed by atoms with Gasteiger partial charge in [0.1, 0.15) is 17.3 Å². The molecule has 0 saturated carbocycles. The van der Waals surface area contributed by atoms with E-state index in [9.17, 15) is 18.8 Å². The fraction of sp³-hybridized carbons (Fsp3) is 0.433. The number of hydrogen-bond donors (Lipinski definition) is 0. The number of benzene rings is 1. The largest absolute Gasteiger partial charge is 0.496 e. The van der Waals surface area contributed by atoms with Crippen molar-refractivity contribution in [2.24, 2.45) is 5.92 Å². The fourth-order valence-electron chi connectivity index (χ4n) is 4.74. The lowest BCUT2D eigenvalue weighted by molar-refractivity contribution is -0.119. The topological polar surface area (TPSA) is 64.8 Å². The first-order valence-corrected chi connectivity index (χ1v) is 12.8. The molecular weight excluding hydrogens is 457 g/mol. The van der Waals surface area contributed by atoms with Gasteiger partial charge < -0.3 is 9.14 Å². The third kappa shape index (κ3) is 7.36. The number of ketones is 2. The SMILES string of the molecule is CCCC(CCCCC(=O)CCCc1ccc(=O)c2cc(F)cn2c1)C(=O)c1ccc(OC)c(C)c1. The quantitative estimate of drug-likeness (QED) is 0.190. The maximum atomic E-state index is 13.5. The third-order valence-electron chi connectivity index (χ3n) is 6.69. The number of carbonyl (C=O) groups excluding carboxylic acids is 2. The second-order valence-electron chi connectivity index (χ2n) is 9.52. The van der Waals surface area contributed by atoms with Crippen molar-refractivity contribution in [3.63, 3.8) is 0 Å². The summed E-state index contributed by atoms with van der Waals surface area (Å²) in [5.74, 6) is 0.684. The molecular formula is C30H36FNO4. The predicted octanol–water partition coefficient (Wildman–Crippen LogP) is 6.51. The number of rotatable bonds is 14. The number of unbranched alkanes of at least 4 members (excludes halogenated alkanes) is 1. The molecule has 3 aromatic rings. The minimum atomic E-state index is -0.443. The maximum absolute atomic E-state index is 13.5. The van der Waals surface area contributed by atoms with E-state index in [4.69, 9.17) is 4.74 Å². The summed E-state index contributed by atoms with van der Waals surface area (Å²) in [5.41, 5.74) is 2.63. The van der Waals surface area contributed by atoms with Crippen molar-refractivity contribution in [3.8, 4) is 5.75 Å². The second kappa shape index (κ2) is 13.1. The second-order valence-corrected chi connectivity index (χ2v) is 9.52. The molecule has 1 aromatic carbocycles. The Kier molecular flexibility index (Phi) is 9.97. The highest BCUT2D eigenvalue weighted by atomic mass is 19.1. The molecule has 0 N–H and O–H groups in total. The van der Waals surface area contributed by atoms with Gasteiger partial charge in [-0.25, -0.2) is 4.39 Å². The van der Waals surface area contributed by atoms with E-state index in [0.717, 1.165) is 54.5 Å². The lowest BCUT2D eigenvalue weighted by Crippen LogP contribution is -2.15. The average Bonchev–Trinajstić information content (AvgIpc) is 3.16. The van der Waals surface area contributed by atoms with Gasteiger partial charge in [0.2, 0.25) is 5.43 Å². The van der Waals surface area contributed by atoms with Crippen LogP contribution in [-0.4, -0.2) is 23.1 Å². The lowest BCUT2D eigenvalue weighted by Gasteiger charge is -2.16. The van der Waals surface area contributed by atoms with E-state index in [1.54, 1.807) is 19.4 Å². The van der Waals surface area contributed by atoms with Crippen LogP contribution in [0.2, 0.25) is 0 Å². The van der Waals surface area contributed by atoms with Gasteiger partial charge in [-0.2, -0.15) is 0 Å². The lowest BCUT2D eigenvalue weighted by atomic mass is 9.88. The van der Waals surface area contributed by atoms with Crippen LogP contribution in [0.25, 0.3) is 5.52 Å². The molecule has 3 rings (SSSR count). The molecule has 0 bridgehead atoms. The van der Waals surface area contributed by atoms with Gasteiger partial charge in [0.15, 0.2) is 5.78 Å². The summed E-state index contributed by atoms with van der Waals surface area (Å²) in [6.07, 6.45) is 9.52. The van der Waals surface area contributed by atoms with E-state index in [0.29, 0.717) is 31.2 Å². The zero-order chi connectivity index (χ0) is 26.1. The van der Waals surface area contributed by atoms with Crippen molar-refractivity contribution >= 4 is 17.1 Å². The van der Waals surface area contributed by atoms with Gasteiger partial charge in [-0.1, -0.05) is 25.8 Å². The van der Waals surface area contributed by atoms with E-state index in [2.05, 4.69) is 6.92 Å². The Labute approximate surface area is 212 Å². The first-order valence-electron chi connectivity index (χ1n) is 12.8. The molecule has 0 amide bonds. The summed E-state index contributed by atoms with van der Waals surface area (Å²) in [6.45, 7) is 4.03. The fourth-order valence-corrected chi connectivity index (χ4v) is 4.74. The number of carbonyl (C=O) groups is 2. The maximum Gasteiger partial charge on any atom is 0.202 e. The van der Waals surface area contributed by atoms with Crippen molar-refractivity contribution in [1.29, 1.82) is 0 Å². The Morgan fingerprint density at radius 1 is 1.00 bits per heavy atom. The molecule has 36 heavy (non-hydrogen) atoms. The number of aryl methyl sites for hydroxylation is 2. The van der Waals surface area contributed by atoms with Crippen molar-refractivity contribution in [3.05, 3.63) is 81.5 Å². The molecule has 0 aliphatic carbocycles. The number of ether oxygens (including phenoxy) is 1. The van der Waals surface area contributed by atoms with Crippen molar-refractivity contribution in [1.82, 2.24) is 4.40 Å². The van der Waals surface area contributed by atoms with Crippen LogP contribution in [0.1, 0.15) is 79.8 Å². The summed E-state index contributed by atoms with van der Waals surface area (Å²) in [6, 6.07) is 10.0. The van der Waals surface area contributed by atoms with Crippen LogP contribution >= 0.6 is 0 Å². The minimum absolute atomic E-state index is 0.0296. The molecule has 6 heteroatoms. The molecule has 0 fully saturated rings. The van der Waals surface area contributed by atoms with Crippen molar-refractivity contribution in [2.75, 3.05) is 7.11 Å². The number of fused-ring (bicyclic) bond motifs is 1. The van der Waals surface area contributed by atoms with Gasteiger partial charge in [-0.3, -0.25) is 14.4 Å². The number of Topliss-reactive ketones (excluding diaryl/α,β-unsaturated/α-hetero) is 2. The van der Waals surface area contributed by atoms with Crippen LogP contribution in [0.15, 0.2) is 53.6 Å². The Hall–Kier alpha value is -3.28. The predicted molar refractivity (Wildman–Crippen MR) is 140 cm³/mol. The Morgan fingerprint density at radius 3 is 2.50 bits per heavy atom. The van der Waals surface area contributed by atoms with Crippen LogP contribution in [-0.2, 0) is 11.2 Å². The van der Waals surface area contributed by atoms with Gasteiger partial charge in [-0.05, 0) is 74.4 Å². The standard InChI is InChI=1S/C30H36FNO4/c1-4-8-23(30(35)24-14-16-29(36-3)21(2)17-24)10-5-6-11-26(33)12-7-9-22-13-15-28(34)27-18-25(31)20-32(27)19-22/h13-20,23H,4-12H2,1-3H3. The number of nitrogens with zero attached hydrogens (tertiary/aromatic N) is 1. The van der Waals surface area contributed by atoms with Gasteiger partial charge >= 0.3 is 0 Å². The highest BCUT2D eigenvalue weighted by Gasteiger charge is 2.20. The van der Waals surface area contributed by atoms with E-state index >= 15 is 0 Å². The van der Waals surface area contributed by atoms with Gasteiger partial charge in [0, 0.05) is 42.8 Å². The molecule has 5 nitrogen and oxygen atoms in total. The molecule has 2 heterocycles. The Morgan fingerprint density at radius 2 is 1.78 bits per heavy atom. The Balaban J connectivity index is 1.44. The summed E-state index contributed by atoms with van der Waals surface area (Å²) < 4.78 is 20.3. The number of methoxy groups -OCH3 is 1. The van der Waals surface area contributed by atoms with Crippen LogP contribution in [0, 0.1) is 18.7 Å². The monoisotopic (exact) mass is 493 g/mol. The average molecular weight is 494 g/mol. The molecule has 0 radical (unpaired) electrons. The summed E-state index contributed by atoms with van der Waals surface area (Å²) >= 11 is 0. The first-order chi connectivity index (χ1) is 17.3. The van der Waals surface area contributed by atoms with Crippen LogP contribution in [0.4, 0.5) is 4.39 Å². The minimum Gasteiger partial charge on any atom is -0.496 e. The smallest absolute Gasteiger partial charge is 0.202 e. The van der Waals surface area contributed by atoms with Crippen LogP contribution < -0.4 is 10.2 Å². The summed E-state index contributed by atoms with van der Waals surface area (Å²) in [5, 5.41) is 0. The first kappa shape index (κ1) is 27.3. The van der Waals surface area contributed by atoms with E-state index in [1.165, 1.54) is 22.7 Å². The molecule has 0 saturated heterocycles. The number of halogens is 1. The molecule has 0 spiro atoms. The van der Waals surface area contributed by atoms with Crippen LogP contribution in [0.5, 0.6) is 5.75 Å². The zero-order valence-electron chi connectivity index (χ0n) is 21.5. The highest BCUT2D eigenvalue weighted by molar-refractivity contribution is 5.98. The third-order valence-corrected chi connectivity index (χ3v) is 6.69. The van der Waals surface area contributed by atoms with Gasteiger partial charge in [-0.15, -0.1) is 0 Å². The number of aromatic nitrogens is 1. The van der Waals surface area contributed by atoms with Crippen molar-refractivity contribution in [2.45, 2.75) is 71.6 Å². The van der Waals surface area contributed by atoms with Gasteiger partial charge in [0.05, 0.1) is 12.6 Å². The molecule has 1 atom stereocenters. The molecule has 0 aliphatic heterocycles. The summed E-state index contributed by atoms with van der Waals surface area (Å²) in [7, 11) is 1.62. The Bertz CT molecular complexity index is 1260. The number of hydrogen-bond acceptors (Lipinski definition) is 4. The highest BCUT2D eigenvalue weighted by Crippen LogP contribution is 2.25. The van der Waals surface area contributed by atoms with Crippen molar-refractivity contribution < 1.29 is 18.7 Å².